The minimum atomic E-state index is -0.0893. The van der Waals surface area contributed by atoms with Crippen molar-refractivity contribution in [1.29, 1.82) is 0 Å². The van der Waals surface area contributed by atoms with Crippen LogP contribution in [0, 0.1) is 6.92 Å². The number of para-hydroxylation sites is 1. The summed E-state index contributed by atoms with van der Waals surface area (Å²) in [5, 5.41) is 0.994. The molecule has 0 atom stereocenters. The maximum absolute atomic E-state index is 12.4. The molecule has 140 valence electrons. The first-order valence-electron chi connectivity index (χ1n) is 9.01. The number of aromatic nitrogens is 1. The Hall–Kier alpha value is -3.08. The molecule has 0 bridgehead atoms. The lowest BCUT2D eigenvalue weighted by atomic mass is 10.2. The summed E-state index contributed by atoms with van der Waals surface area (Å²) in [5.74, 6) is 1.37. The summed E-state index contributed by atoms with van der Waals surface area (Å²) >= 11 is 0. The number of carbonyl (C=O) groups is 1. The normalized spacial score (nSPS) is 10.6. The molecule has 0 saturated heterocycles. The SMILES string of the molecule is CCOc1ccc(CN(C)C(=O)COc2cccc3ccc(C)nc23)cc1. The highest BCUT2D eigenvalue weighted by Gasteiger charge is 2.12. The van der Waals surface area contributed by atoms with Crippen LogP contribution in [0.1, 0.15) is 18.2 Å². The molecule has 3 aromatic rings. The van der Waals surface area contributed by atoms with Gasteiger partial charge in [0, 0.05) is 24.7 Å². The van der Waals surface area contributed by atoms with Crippen molar-refractivity contribution < 1.29 is 14.3 Å². The highest BCUT2D eigenvalue weighted by molar-refractivity contribution is 5.85. The van der Waals surface area contributed by atoms with E-state index in [1.54, 1.807) is 11.9 Å². The van der Waals surface area contributed by atoms with Crippen LogP contribution >= 0.6 is 0 Å². The second-order valence-corrected chi connectivity index (χ2v) is 6.40. The van der Waals surface area contributed by atoms with Gasteiger partial charge in [0.15, 0.2) is 6.61 Å². The average Bonchev–Trinajstić information content (AvgIpc) is 2.67. The number of rotatable bonds is 7. The van der Waals surface area contributed by atoms with Crippen LogP contribution in [0.15, 0.2) is 54.6 Å². The number of hydrogen-bond acceptors (Lipinski definition) is 4. The Labute approximate surface area is 159 Å². The van der Waals surface area contributed by atoms with Crippen molar-refractivity contribution in [2.75, 3.05) is 20.3 Å². The third-order valence-electron chi connectivity index (χ3n) is 4.25. The minimum absolute atomic E-state index is 0.0255. The van der Waals surface area contributed by atoms with Gasteiger partial charge in [-0.3, -0.25) is 4.79 Å². The summed E-state index contributed by atoms with van der Waals surface area (Å²) < 4.78 is 11.2. The summed E-state index contributed by atoms with van der Waals surface area (Å²) in [7, 11) is 1.77. The second kappa shape index (κ2) is 8.54. The molecule has 2 aromatic carbocycles. The average molecular weight is 364 g/mol. The van der Waals surface area contributed by atoms with Crippen LogP contribution < -0.4 is 9.47 Å². The Balaban J connectivity index is 1.61. The van der Waals surface area contributed by atoms with Gasteiger partial charge in [-0.15, -0.1) is 0 Å². The highest BCUT2D eigenvalue weighted by Crippen LogP contribution is 2.24. The molecule has 0 aliphatic rings. The number of amides is 1. The fourth-order valence-electron chi connectivity index (χ4n) is 2.80. The van der Waals surface area contributed by atoms with Crippen LogP contribution in [0.2, 0.25) is 0 Å². The molecule has 0 radical (unpaired) electrons. The zero-order valence-corrected chi connectivity index (χ0v) is 15.9. The molecule has 0 unspecified atom stereocenters. The smallest absolute Gasteiger partial charge is 0.260 e. The molecule has 5 heteroatoms. The van der Waals surface area contributed by atoms with E-state index in [9.17, 15) is 4.79 Å². The first-order valence-corrected chi connectivity index (χ1v) is 9.01. The first-order chi connectivity index (χ1) is 13.1. The van der Waals surface area contributed by atoms with E-state index in [1.165, 1.54) is 0 Å². The second-order valence-electron chi connectivity index (χ2n) is 6.40. The fourth-order valence-corrected chi connectivity index (χ4v) is 2.80. The Morgan fingerprint density at radius 1 is 1.04 bits per heavy atom. The van der Waals surface area contributed by atoms with Crippen LogP contribution in [0.5, 0.6) is 11.5 Å². The van der Waals surface area contributed by atoms with Crippen LogP contribution in [-0.4, -0.2) is 36.1 Å². The number of carbonyl (C=O) groups excluding carboxylic acids is 1. The number of likely N-dealkylation sites (N-methyl/N-ethyl adjacent to an activating group) is 1. The van der Waals surface area contributed by atoms with Gasteiger partial charge in [0.25, 0.3) is 5.91 Å². The van der Waals surface area contributed by atoms with Crippen molar-refractivity contribution >= 4 is 16.8 Å². The molecule has 0 aliphatic heterocycles. The molecule has 0 fully saturated rings. The molecular weight excluding hydrogens is 340 g/mol. The fraction of sp³-hybridized carbons (Fsp3) is 0.273. The standard InChI is InChI=1S/C22H24N2O3/c1-4-26-19-12-9-17(10-13-19)14-24(3)21(25)15-27-20-7-5-6-18-11-8-16(2)23-22(18)20/h5-13H,4,14-15H2,1-3H3. The number of fused-ring (bicyclic) bond motifs is 1. The first kappa shape index (κ1) is 18.7. The van der Waals surface area contributed by atoms with E-state index >= 15 is 0 Å². The predicted molar refractivity (Wildman–Crippen MR) is 106 cm³/mol. The van der Waals surface area contributed by atoms with Gasteiger partial charge < -0.3 is 14.4 Å². The number of aryl methyl sites for hydroxylation is 1. The van der Waals surface area contributed by atoms with Crippen molar-refractivity contribution in [3.63, 3.8) is 0 Å². The maximum atomic E-state index is 12.4. The van der Waals surface area contributed by atoms with E-state index in [4.69, 9.17) is 9.47 Å². The van der Waals surface area contributed by atoms with Gasteiger partial charge in [0.05, 0.1) is 6.61 Å². The van der Waals surface area contributed by atoms with Crippen molar-refractivity contribution in [3.8, 4) is 11.5 Å². The van der Waals surface area contributed by atoms with Gasteiger partial charge in [-0.05, 0) is 43.7 Å². The molecule has 0 N–H and O–H groups in total. The summed E-state index contributed by atoms with van der Waals surface area (Å²) in [4.78, 5) is 18.6. The number of nitrogens with zero attached hydrogens (tertiary/aromatic N) is 2. The Bertz CT molecular complexity index is 922. The maximum Gasteiger partial charge on any atom is 0.260 e. The van der Waals surface area contributed by atoms with Crippen LogP contribution in [0.3, 0.4) is 0 Å². The predicted octanol–water partition coefficient (Wildman–Crippen LogP) is 3.98. The Morgan fingerprint density at radius 3 is 2.56 bits per heavy atom. The zero-order chi connectivity index (χ0) is 19.2. The zero-order valence-electron chi connectivity index (χ0n) is 15.9. The number of pyridine rings is 1. The molecule has 0 aliphatic carbocycles. The molecule has 3 rings (SSSR count). The number of ether oxygens (including phenoxy) is 2. The lowest BCUT2D eigenvalue weighted by molar-refractivity contribution is -0.132. The van der Waals surface area contributed by atoms with Gasteiger partial charge in [0.2, 0.25) is 0 Å². The topological polar surface area (TPSA) is 51.7 Å². The van der Waals surface area contributed by atoms with Gasteiger partial charge >= 0.3 is 0 Å². The van der Waals surface area contributed by atoms with E-state index in [0.29, 0.717) is 18.9 Å². The van der Waals surface area contributed by atoms with Crippen molar-refractivity contribution in [2.24, 2.45) is 0 Å². The molecular formula is C22H24N2O3. The van der Waals surface area contributed by atoms with Crippen LogP contribution in [0.4, 0.5) is 0 Å². The summed E-state index contributed by atoms with van der Waals surface area (Å²) in [6, 6.07) is 17.5. The summed E-state index contributed by atoms with van der Waals surface area (Å²) in [6.45, 7) is 5.01. The van der Waals surface area contributed by atoms with E-state index in [2.05, 4.69) is 4.98 Å². The molecule has 27 heavy (non-hydrogen) atoms. The minimum Gasteiger partial charge on any atom is -0.494 e. The molecule has 1 heterocycles. The number of hydrogen-bond donors (Lipinski definition) is 0. The third-order valence-corrected chi connectivity index (χ3v) is 4.25. The summed E-state index contributed by atoms with van der Waals surface area (Å²) in [6.07, 6.45) is 0. The van der Waals surface area contributed by atoms with Crippen molar-refractivity contribution in [1.82, 2.24) is 9.88 Å². The van der Waals surface area contributed by atoms with Gasteiger partial charge in [0.1, 0.15) is 17.0 Å². The van der Waals surface area contributed by atoms with Gasteiger partial charge in [-0.1, -0.05) is 30.3 Å². The monoisotopic (exact) mass is 364 g/mol. The van der Waals surface area contributed by atoms with E-state index in [0.717, 1.165) is 27.9 Å². The Morgan fingerprint density at radius 2 is 1.81 bits per heavy atom. The largest absolute Gasteiger partial charge is 0.494 e. The number of benzene rings is 2. The molecule has 5 nitrogen and oxygen atoms in total. The van der Waals surface area contributed by atoms with E-state index in [1.807, 2.05) is 68.4 Å². The molecule has 1 amide bonds. The molecule has 1 aromatic heterocycles. The van der Waals surface area contributed by atoms with E-state index in [-0.39, 0.29) is 12.5 Å². The lowest BCUT2D eigenvalue weighted by Gasteiger charge is -2.18. The Kier molecular flexibility index (Phi) is 5.91. The van der Waals surface area contributed by atoms with E-state index < -0.39 is 0 Å². The summed E-state index contributed by atoms with van der Waals surface area (Å²) in [5.41, 5.74) is 2.73. The van der Waals surface area contributed by atoms with Crippen LogP contribution in [0.25, 0.3) is 10.9 Å². The lowest BCUT2D eigenvalue weighted by Crippen LogP contribution is -2.31. The van der Waals surface area contributed by atoms with Crippen molar-refractivity contribution in [2.45, 2.75) is 20.4 Å². The van der Waals surface area contributed by atoms with Crippen LogP contribution in [-0.2, 0) is 11.3 Å². The molecule has 0 spiro atoms. The van der Waals surface area contributed by atoms with Gasteiger partial charge in [-0.2, -0.15) is 0 Å². The highest BCUT2D eigenvalue weighted by atomic mass is 16.5. The van der Waals surface area contributed by atoms with Crippen molar-refractivity contribution in [3.05, 3.63) is 65.9 Å². The quantitative estimate of drug-likeness (QED) is 0.636. The van der Waals surface area contributed by atoms with Gasteiger partial charge in [-0.25, -0.2) is 4.98 Å². The molecule has 0 saturated carbocycles. The third kappa shape index (κ3) is 4.76.